The van der Waals surface area contributed by atoms with Crippen molar-refractivity contribution >= 4 is 11.9 Å². The largest absolute Gasteiger partial charge is 0.465 e. The van der Waals surface area contributed by atoms with Gasteiger partial charge >= 0.3 is 5.97 Å². The molecular formula is C18H23NO6. The Balaban J connectivity index is 2.10. The highest BCUT2D eigenvalue weighted by Gasteiger charge is 2.27. The molecule has 0 spiro atoms. The minimum Gasteiger partial charge on any atom is -0.465 e. The number of carbonyl (C=O) groups is 2. The predicted molar refractivity (Wildman–Crippen MR) is 89.6 cm³/mol. The van der Waals surface area contributed by atoms with Crippen molar-refractivity contribution in [1.29, 1.82) is 0 Å². The van der Waals surface area contributed by atoms with Gasteiger partial charge in [0, 0.05) is 18.9 Å². The Bertz CT molecular complexity index is 625. The van der Waals surface area contributed by atoms with Gasteiger partial charge in [0.15, 0.2) is 5.76 Å². The van der Waals surface area contributed by atoms with Crippen LogP contribution in [0.15, 0.2) is 36.1 Å². The van der Waals surface area contributed by atoms with E-state index in [1.54, 1.807) is 30.3 Å². The number of amides is 1. The number of methoxy groups -OCH3 is 1. The zero-order valence-electron chi connectivity index (χ0n) is 14.1. The van der Waals surface area contributed by atoms with E-state index >= 15 is 0 Å². The van der Waals surface area contributed by atoms with Gasteiger partial charge in [-0.15, -0.1) is 0 Å². The number of esters is 1. The van der Waals surface area contributed by atoms with Crippen molar-refractivity contribution in [1.82, 2.24) is 0 Å². The molecule has 0 fully saturated rings. The first-order valence-electron chi connectivity index (χ1n) is 8.14. The summed E-state index contributed by atoms with van der Waals surface area (Å²) >= 11 is 0. The van der Waals surface area contributed by atoms with Crippen LogP contribution in [0.4, 0.5) is 0 Å². The summed E-state index contributed by atoms with van der Waals surface area (Å²) in [7, 11) is 1.33. The Morgan fingerprint density at radius 2 is 2.00 bits per heavy atom. The molecule has 136 valence electrons. The van der Waals surface area contributed by atoms with Gasteiger partial charge in [0.05, 0.1) is 19.3 Å². The monoisotopic (exact) mass is 349 g/mol. The van der Waals surface area contributed by atoms with Crippen LogP contribution in [0.1, 0.15) is 41.1 Å². The van der Waals surface area contributed by atoms with E-state index in [1.165, 1.54) is 7.11 Å². The van der Waals surface area contributed by atoms with Crippen molar-refractivity contribution in [2.24, 2.45) is 5.73 Å². The van der Waals surface area contributed by atoms with Crippen molar-refractivity contribution in [3.05, 3.63) is 47.2 Å². The number of allylic oxidation sites excluding steroid dienone is 1. The molecule has 0 saturated heterocycles. The van der Waals surface area contributed by atoms with Gasteiger partial charge in [0.25, 0.3) is 5.91 Å². The second-order valence-electron chi connectivity index (χ2n) is 5.70. The summed E-state index contributed by atoms with van der Waals surface area (Å²) in [6, 6.07) is 6.96. The van der Waals surface area contributed by atoms with Crippen LogP contribution in [0, 0.1) is 0 Å². The summed E-state index contributed by atoms with van der Waals surface area (Å²) in [5, 5.41) is 8.80. The molecule has 2 atom stereocenters. The quantitative estimate of drug-likeness (QED) is 0.543. The van der Waals surface area contributed by atoms with Crippen LogP contribution >= 0.6 is 0 Å². The molecule has 0 saturated carbocycles. The summed E-state index contributed by atoms with van der Waals surface area (Å²) < 4.78 is 15.8. The molecule has 1 aromatic carbocycles. The average Bonchev–Trinajstić information content (AvgIpc) is 2.64. The lowest BCUT2D eigenvalue weighted by Crippen LogP contribution is -2.29. The third-order valence-corrected chi connectivity index (χ3v) is 3.92. The van der Waals surface area contributed by atoms with Gasteiger partial charge in [-0.25, -0.2) is 4.79 Å². The highest BCUT2D eigenvalue weighted by molar-refractivity contribution is 5.90. The Kier molecular flexibility index (Phi) is 6.97. The third kappa shape index (κ3) is 5.30. The topological polar surface area (TPSA) is 108 Å². The lowest BCUT2D eigenvalue weighted by Gasteiger charge is -2.28. The molecule has 0 aliphatic carbocycles. The number of benzene rings is 1. The second-order valence-corrected chi connectivity index (χ2v) is 5.70. The second kappa shape index (κ2) is 9.19. The fourth-order valence-corrected chi connectivity index (χ4v) is 2.57. The molecular weight excluding hydrogens is 326 g/mol. The van der Waals surface area contributed by atoms with Gasteiger partial charge in [-0.05, 0) is 36.6 Å². The summed E-state index contributed by atoms with van der Waals surface area (Å²) in [5.74, 6) is -1.11. The molecule has 1 aromatic rings. The number of hydrogen-bond donors (Lipinski definition) is 2. The Labute approximate surface area is 146 Å². The number of rotatable bonds is 8. The van der Waals surface area contributed by atoms with Crippen LogP contribution in [0.2, 0.25) is 0 Å². The van der Waals surface area contributed by atoms with Crippen LogP contribution in [-0.2, 0) is 19.0 Å². The van der Waals surface area contributed by atoms with Crippen LogP contribution in [0.25, 0.3) is 0 Å². The van der Waals surface area contributed by atoms with Crippen LogP contribution in [0.5, 0.6) is 0 Å². The van der Waals surface area contributed by atoms with Gasteiger partial charge in [0.1, 0.15) is 0 Å². The minimum absolute atomic E-state index is 0.0699. The summed E-state index contributed by atoms with van der Waals surface area (Å²) in [4.78, 5) is 23.0. The lowest BCUT2D eigenvalue weighted by molar-refractivity contribution is -0.144. The molecule has 1 amide bonds. The molecule has 25 heavy (non-hydrogen) atoms. The molecule has 7 nitrogen and oxygen atoms in total. The molecule has 0 aromatic heterocycles. The number of hydrogen-bond acceptors (Lipinski definition) is 6. The molecule has 1 aliphatic heterocycles. The van der Waals surface area contributed by atoms with E-state index < -0.39 is 18.2 Å². The molecule has 1 heterocycles. The van der Waals surface area contributed by atoms with E-state index in [0.717, 1.165) is 5.56 Å². The highest BCUT2D eigenvalue weighted by Crippen LogP contribution is 2.31. The fraction of sp³-hybridized carbons (Fsp3) is 0.444. The van der Waals surface area contributed by atoms with E-state index in [4.69, 9.17) is 20.3 Å². The number of aliphatic hydroxyl groups is 1. The van der Waals surface area contributed by atoms with E-state index in [2.05, 4.69) is 4.74 Å². The molecule has 0 radical (unpaired) electrons. The smallest absolute Gasteiger partial charge is 0.337 e. The van der Waals surface area contributed by atoms with Gasteiger partial charge in [-0.2, -0.15) is 0 Å². The highest BCUT2D eigenvalue weighted by atomic mass is 16.7. The molecule has 3 N–H and O–H groups in total. The predicted octanol–water partition coefficient (Wildman–Crippen LogP) is 1.46. The maximum Gasteiger partial charge on any atom is 0.337 e. The van der Waals surface area contributed by atoms with Crippen LogP contribution in [0.3, 0.4) is 0 Å². The zero-order valence-corrected chi connectivity index (χ0v) is 14.1. The van der Waals surface area contributed by atoms with Crippen molar-refractivity contribution in [2.75, 3.05) is 20.3 Å². The Morgan fingerprint density at radius 1 is 1.28 bits per heavy atom. The van der Waals surface area contributed by atoms with Gasteiger partial charge < -0.3 is 25.1 Å². The first-order valence-corrected chi connectivity index (χ1v) is 8.14. The number of primary amides is 1. The number of unbranched alkanes of at least 4 members (excludes halogenated alkanes) is 1. The third-order valence-electron chi connectivity index (χ3n) is 3.92. The SMILES string of the molecule is COC(=O)c1ccc([C@@H]2C=C(C(N)=O)O[C@H](OCCCCO)C2)cc1. The number of aliphatic hydroxyl groups excluding tert-OH is 1. The minimum atomic E-state index is -0.653. The standard InChI is InChI=1S/C18H23NO6/c1-23-18(22)13-6-4-12(5-7-13)14-10-15(17(19)21)25-16(11-14)24-9-3-2-8-20/h4-7,10,14,16,20H,2-3,8-9,11H2,1H3,(H2,19,21)/t14-,16+/m1/s1. The summed E-state index contributed by atoms with van der Waals surface area (Å²) in [5.41, 5.74) is 6.71. The molecule has 2 rings (SSSR count). The molecule has 7 heteroatoms. The maximum atomic E-state index is 11.5. The summed E-state index contributed by atoms with van der Waals surface area (Å²) in [6.45, 7) is 0.530. The van der Waals surface area contributed by atoms with E-state index in [-0.39, 0.29) is 18.3 Å². The van der Waals surface area contributed by atoms with E-state index in [1.807, 2.05) is 0 Å². The first-order chi connectivity index (χ1) is 12.0. The Morgan fingerprint density at radius 3 is 2.60 bits per heavy atom. The van der Waals surface area contributed by atoms with Crippen molar-refractivity contribution < 1.29 is 28.9 Å². The average molecular weight is 349 g/mol. The van der Waals surface area contributed by atoms with Crippen molar-refractivity contribution in [3.8, 4) is 0 Å². The first kappa shape index (κ1) is 19.0. The van der Waals surface area contributed by atoms with Crippen LogP contribution < -0.4 is 5.73 Å². The van der Waals surface area contributed by atoms with E-state index in [9.17, 15) is 9.59 Å². The van der Waals surface area contributed by atoms with Crippen molar-refractivity contribution in [3.63, 3.8) is 0 Å². The van der Waals surface area contributed by atoms with Crippen LogP contribution in [-0.4, -0.2) is 43.6 Å². The lowest BCUT2D eigenvalue weighted by atomic mass is 9.92. The molecule has 1 aliphatic rings. The summed E-state index contributed by atoms with van der Waals surface area (Å²) in [6.07, 6.45) is 2.95. The normalized spacial score (nSPS) is 19.7. The zero-order chi connectivity index (χ0) is 18.2. The molecule has 0 bridgehead atoms. The van der Waals surface area contributed by atoms with E-state index in [0.29, 0.717) is 31.4 Å². The number of nitrogens with two attached hydrogens (primary N) is 1. The fourth-order valence-electron chi connectivity index (χ4n) is 2.57. The number of ether oxygens (including phenoxy) is 3. The maximum absolute atomic E-state index is 11.5. The van der Waals surface area contributed by atoms with Gasteiger partial charge in [-0.3, -0.25) is 4.79 Å². The Hall–Kier alpha value is -2.38. The number of carbonyl (C=O) groups excluding carboxylic acids is 2. The van der Waals surface area contributed by atoms with Gasteiger partial charge in [0.2, 0.25) is 6.29 Å². The van der Waals surface area contributed by atoms with Gasteiger partial charge in [-0.1, -0.05) is 12.1 Å². The van der Waals surface area contributed by atoms with Crippen molar-refractivity contribution in [2.45, 2.75) is 31.5 Å². The molecule has 0 unspecified atom stereocenters.